The molecule has 0 heterocycles. The van der Waals surface area contributed by atoms with Crippen LogP contribution in [0, 0.1) is 0 Å². The van der Waals surface area contributed by atoms with Gasteiger partial charge in [-0.2, -0.15) is 0 Å². The van der Waals surface area contributed by atoms with Crippen LogP contribution in [0.2, 0.25) is 0 Å². The third kappa shape index (κ3) is 3.52. The summed E-state index contributed by atoms with van der Waals surface area (Å²) in [6, 6.07) is 4.81. The zero-order valence-corrected chi connectivity index (χ0v) is 10.3. The van der Waals surface area contributed by atoms with Gasteiger partial charge in [-0.15, -0.1) is 0 Å². The van der Waals surface area contributed by atoms with Gasteiger partial charge >= 0.3 is 5.97 Å². The highest BCUT2D eigenvalue weighted by molar-refractivity contribution is 5.90. The molecule has 0 unspecified atom stereocenters. The highest BCUT2D eigenvalue weighted by Gasteiger charge is 2.10. The summed E-state index contributed by atoms with van der Waals surface area (Å²) < 4.78 is 10.2. The number of carbonyl (C=O) groups excluding carboxylic acids is 1. The smallest absolute Gasteiger partial charge is 0.338 e. The SMILES string of the molecule is CC=C(C)COC(=O)c1ccc(N)c(OC)c1. The summed E-state index contributed by atoms with van der Waals surface area (Å²) in [5.41, 5.74) is 7.58. The molecule has 0 aliphatic rings. The minimum atomic E-state index is -0.385. The molecule has 0 aliphatic heterocycles. The van der Waals surface area contributed by atoms with Gasteiger partial charge in [-0.25, -0.2) is 4.79 Å². The Morgan fingerprint density at radius 2 is 2.18 bits per heavy atom. The lowest BCUT2D eigenvalue weighted by molar-refractivity contribution is 0.0539. The van der Waals surface area contributed by atoms with E-state index in [0.717, 1.165) is 5.57 Å². The number of esters is 1. The van der Waals surface area contributed by atoms with Crippen molar-refractivity contribution in [3.63, 3.8) is 0 Å². The van der Waals surface area contributed by atoms with Crippen molar-refractivity contribution in [1.29, 1.82) is 0 Å². The van der Waals surface area contributed by atoms with Crippen LogP contribution >= 0.6 is 0 Å². The third-order valence-corrected chi connectivity index (χ3v) is 2.39. The molecule has 0 bridgehead atoms. The minimum absolute atomic E-state index is 0.294. The Kier molecular flexibility index (Phi) is 4.57. The van der Waals surface area contributed by atoms with Gasteiger partial charge in [0, 0.05) is 0 Å². The molecule has 0 amide bonds. The first-order valence-electron chi connectivity index (χ1n) is 5.31. The highest BCUT2D eigenvalue weighted by atomic mass is 16.5. The van der Waals surface area contributed by atoms with Gasteiger partial charge in [0.15, 0.2) is 0 Å². The Labute approximate surface area is 101 Å². The fourth-order valence-corrected chi connectivity index (χ4v) is 1.18. The normalized spacial score (nSPS) is 11.1. The van der Waals surface area contributed by atoms with Crippen LogP contribution in [-0.4, -0.2) is 19.7 Å². The van der Waals surface area contributed by atoms with Crippen LogP contribution in [0.5, 0.6) is 5.75 Å². The van der Waals surface area contributed by atoms with E-state index < -0.39 is 0 Å². The maximum absolute atomic E-state index is 11.7. The molecule has 0 saturated carbocycles. The number of ether oxygens (including phenoxy) is 2. The average Bonchev–Trinajstić information content (AvgIpc) is 2.35. The van der Waals surface area contributed by atoms with E-state index in [-0.39, 0.29) is 5.97 Å². The van der Waals surface area contributed by atoms with Gasteiger partial charge in [-0.05, 0) is 37.6 Å². The lowest BCUT2D eigenvalue weighted by Gasteiger charge is -2.08. The van der Waals surface area contributed by atoms with Gasteiger partial charge in [0.25, 0.3) is 0 Å². The molecule has 1 rings (SSSR count). The van der Waals surface area contributed by atoms with E-state index in [2.05, 4.69) is 0 Å². The predicted octanol–water partition coefficient (Wildman–Crippen LogP) is 2.40. The molecular weight excluding hydrogens is 218 g/mol. The van der Waals surface area contributed by atoms with Gasteiger partial charge < -0.3 is 15.2 Å². The third-order valence-electron chi connectivity index (χ3n) is 2.39. The van der Waals surface area contributed by atoms with Gasteiger partial charge in [-0.3, -0.25) is 0 Å². The Morgan fingerprint density at radius 3 is 2.76 bits per heavy atom. The fraction of sp³-hybridized carbons (Fsp3) is 0.308. The average molecular weight is 235 g/mol. The molecule has 0 spiro atoms. The number of rotatable bonds is 4. The number of methoxy groups -OCH3 is 1. The van der Waals surface area contributed by atoms with Crippen molar-refractivity contribution in [2.24, 2.45) is 0 Å². The molecule has 17 heavy (non-hydrogen) atoms. The van der Waals surface area contributed by atoms with Gasteiger partial charge in [0.05, 0.1) is 18.4 Å². The summed E-state index contributed by atoms with van der Waals surface area (Å²) >= 11 is 0. The first-order valence-corrected chi connectivity index (χ1v) is 5.31. The first kappa shape index (κ1) is 13.1. The van der Waals surface area contributed by atoms with Crippen molar-refractivity contribution in [2.75, 3.05) is 19.5 Å². The Morgan fingerprint density at radius 1 is 1.47 bits per heavy atom. The highest BCUT2D eigenvalue weighted by Crippen LogP contribution is 2.22. The van der Waals surface area contributed by atoms with Crippen molar-refractivity contribution in [1.82, 2.24) is 0 Å². The molecule has 0 aromatic heterocycles. The Bertz CT molecular complexity index is 438. The van der Waals surface area contributed by atoms with E-state index in [1.807, 2.05) is 19.9 Å². The largest absolute Gasteiger partial charge is 0.495 e. The van der Waals surface area contributed by atoms with Crippen molar-refractivity contribution in [3.05, 3.63) is 35.4 Å². The van der Waals surface area contributed by atoms with Crippen molar-refractivity contribution < 1.29 is 14.3 Å². The molecule has 0 atom stereocenters. The monoisotopic (exact) mass is 235 g/mol. The number of allylic oxidation sites excluding steroid dienone is 1. The lowest BCUT2D eigenvalue weighted by atomic mass is 10.2. The summed E-state index contributed by atoms with van der Waals surface area (Å²) in [5.74, 6) is 0.0895. The summed E-state index contributed by atoms with van der Waals surface area (Å²) in [5, 5.41) is 0. The molecule has 4 heteroatoms. The minimum Gasteiger partial charge on any atom is -0.495 e. The molecule has 2 N–H and O–H groups in total. The zero-order chi connectivity index (χ0) is 12.8. The zero-order valence-electron chi connectivity index (χ0n) is 10.3. The van der Waals surface area contributed by atoms with Crippen molar-refractivity contribution >= 4 is 11.7 Å². The summed E-state index contributed by atoms with van der Waals surface area (Å²) in [7, 11) is 1.50. The predicted molar refractivity (Wildman–Crippen MR) is 67.1 cm³/mol. The second-order valence-electron chi connectivity index (χ2n) is 3.67. The molecule has 0 aliphatic carbocycles. The molecular formula is C13H17NO3. The van der Waals surface area contributed by atoms with Gasteiger partial charge in [0.1, 0.15) is 12.4 Å². The molecule has 92 valence electrons. The van der Waals surface area contributed by atoms with Crippen molar-refractivity contribution in [3.8, 4) is 5.75 Å². The second-order valence-corrected chi connectivity index (χ2v) is 3.67. The molecule has 0 fully saturated rings. The molecule has 0 radical (unpaired) electrons. The van der Waals surface area contributed by atoms with Crippen LogP contribution in [0.4, 0.5) is 5.69 Å². The fourth-order valence-electron chi connectivity index (χ4n) is 1.18. The number of hydrogen-bond acceptors (Lipinski definition) is 4. The standard InChI is InChI=1S/C13H17NO3/c1-4-9(2)8-17-13(15)10-5-6-11(14)12(7-10)16-3/h4-7H,8,14H2,1-3H3. The summed E-state index contributed by atoms with van der Waals surface area (Å²) in [4.78, 5) is 11.7. The van der Waals surface area contributed by atoms with Crippen LogP contribution in [0.15, 0.2) is 29.8 Å². The van der Waals surface area contributed by atoms with E-state index in [0.29, 0.717) is 23.6 Å². The van der Waals surface area contributed by atoms with Crippen LogP contribution in [0.25, 0.3) is 0 Å². The molecule has 4 nitrogen and oxygen atoms in total. The van der Waals surface area contributed by atoms with Crippen LogP contribution in [-0.2, 0) is 4.74 Å². The van der Waals surface area contributed by atoms with E-state index in [1.165, 1.54) is 7.11 Å². The number of benzene rings is 1. The maximum Gasteiger partial charge on any atom is 0.338 e. The summed E-state index contributed by atoms with van der Waals surface area (Å²) in [6.07, 6.45) is 1.90. The number of nitrogens with two attached hydrogens (primary N) is 1. The van der Waals surface area contributed by atoms with Crippen molar-refractivity contribution in [2.45, 2.75) is 13.8 Å². The second kappa shape index (κ2) is 5.94. The lowest BCUT2D eigenvalue weighted by Crippen LogP contribution is -2.07. The van der Waals surface area contributed by atoms with Gasteiger partial charge in [-0.1, -0.05) is 6.08 Å². The molecule has 1 aromatic rings. The van der Waals surface area contributed by atoms with Gasteiger partial charge in [0.2, 0.25) is 0 Å². The Hall–Kier alpha value is -1.97. The number of nitrogen functional groups attached to an aromatic ring is 1. The topological polar surface area (TPSA) is 61.5 Å². The molecule has 1 aromatic carbocycles. The number of hydrogen-bond donors (Lipinski definition) is 1. The van der Waals surface area contributed by atoms with Crippen LogP contribution in [0.1, 0.15) is 24.2 Å². The first-order chi connectivity index (χ1) is 8.08. The van der Waals surface area contributed by atoms with E-state index in [4.69, 9.17) is 15.2 Å². The Balaban J connectivity index is 2.76. The van der Waals surface area contributed by atoms with E-state index in [1.54, 1.807) is 18.2 Å². The maximum atomic E-state index is 11.7. The van der Waals surface area contributed by atoms with Crippen LogP contribution < -0.4 is 10.5 Å². The quantitative estimate of drug-likeness (QED) is 0.494. The summed E-state index contributed by atoms with van der Waals surface area (Å²) in [6.45, 7) is 4.09. The van der Waals surface area contributed by atoms with E-state index >= 15 is 0 Å². The molecule has 0 saturated heterocycles. The van der Waals surface area contributed by atoms with Crippen LogP contribution in [0.3, 0.4) is 0 Å². The number of anilines is 1. The number of carbonyl (C=O) groups is 1. The van der Waals surface area contributed by atoms with E-state index in [9.17, 15) is 4.79 Å².